The Morgan fingerprint density at radius 3 is 2.22 bits per heavy atom. The summed E-state index contributed by atoms with van der Waals surface area (Å²) in [5.41, 5.74) is 2.97. The molecule has 0 heterocycles. The van der Waals surface area contributed by atoms with Gasteiger partial charge in [0.25, 0.3) is 0 Å². The Kier molecular flexibility index (Phi) is 6.52. The van der Waals surface area contributed by atoms with Crippen LogP contribution in [0.2, 0.25) is 0 Å². The van der Waals surface area contributed by atoms with Crippen LogP contribution in [0.25, 0.3) is 6.08 Å². The SMILES string of the molecule is CC(=O)SCCC=Cc1cc(C(C)(C)C)cc(C(C)(C)C)c1O. The first-order valence-corrected chi connectivity index (χ1v) is 9.09. The number of thioether (sulfide) groups is 1. The van der Waals surface area contributed by atoms with E-state index in [1.807, 2.05) is 12.2 Å². The average Bonchev–Trinajstić information content (AvgIpc) is 2.36. The van der Waals surface area contributed by atoms with Crippen LogP contribution in [-0.2, 0) is 15.6 Å². The van der Waals surface area contributed by atoms with Crippen LogP contribution in [0, 0.1) is 0 Å². The number of rotatable bonds is 4. The van der Waals surface area contributed by atoms with Crippen LogP contribution in [0.4, 0.5) is 0 Å². The lowest BCUT2D eigenvalue weighted by atomic mass is 9.79. The van der Waals surface area contributed by atoms with Crippen LogP contribution in [0.3, 0.4) is 0 Å². The molecule has 0 spiro atoms. The van der Waals surface area contributed by atoms with Crippen LogP contribution >= 0.6 is 11.8 Å². The van der Waals surface area contributed by atoms with E-state index in [0.29, 0.717) is 5.75 Å². The van der Waals surface area contributed by atoms with Crippen molar-refractivity contribution in [2.75, 3.05) is 5.75 Å². The van der Waals surface area contributed by atoms with Crippen molar-refractivity contribution >= 4 is 23.0 Å². The molecule has 1 aromatic rings. The van der Waals surface area contributed by atoms with Crippen LogP contribution in [-0.4, -0.2) is 16.0 Å². The first kappa shape index (κ1) is 19.8. The van der Waals surface area contributed by atoms with Crippen LogP contribution in [0.15, 0.2) is 18.2 Å². The quantitative estimate of drug-likeness (QED) is 0.721. The lowest BCUT2D eigenvalue weighted by Gasteiger charge is -2.27. The van der Waals surface area contributed by atoms with Gasteiger partial charge in [-0.15, -0.1) is 0 Å². The summed E-state index contributed by atoms with van der Waals surface area (Å²) in [5.74, 6) is 1.14. The molecule has 128 valence electrons. The second kappa shape index (κ2) is 7.57. The zero-order chi connectivity index (χ0) is 17.8. The van der Waals surface area contributed by atoms with E-state index in [1.54, 1.807) is 6.92 Å². The van der Waals surface area contributed by atoms with Gasteiger partial charge in [-0.05, 0) is 28.9 Å². The van der Waals surface area contributed by atoms with Gasteiger partial charge in [-0.1, -0.05) is 71.5 Å². The summed E-state index contributed by atoms with van der Waals surface area (Å²) < 4.78 is 0. The molecule has 1 rings (SSSR count). The second-order valence-corrected chi connectivity index (χ2v) is 9.26. The van der Waals surface area contributed by atoms with Crippen molar-refractivity contribution in [3.63, 3.8) is 0 Å². The van der Waals surface area contributed by atoms with Gasteiger partial charge >= 0.3 is 0 Å². The molecule has 0 fully saturated rings. The van der Waals surface area contributed by atoms with Crippen molar-refractivity contribution < 1.29 is 9.90 Å². The number of carbonyl (C=O) groups is 1. The Morgan fingerprint density at radius 1 is 1.13 bits per heavy atom. The second-order valence-electron chi connectivity index (χ2n) is 7.99. The van der Waals surface area contributed by atoms with E-state index >= 15 is 0 Å². The fraction of sp³-hybridized carbons (Fsp3) is 0.550. The molecule has 0 aliphatic rings. The summed E-state index contributed by atoms with van der Waals surface area (Å²) in [6.07, 6.45) is 4.82. The molecule has 0 bridgehead atoms. The summed E-state index contributed by atoms with van der Waals surface area (Å²) in [5, 5.41) is 10.8. The van der Waals surface area contributed by atoms with E-state index in [4.69, 9.17) is 0 Å². The van der Waals surface area contributed by atoms with Crippen molar-refractivity contribution in [3.05, 3.63) is 34.9 Å². The summed E-state index contributed by atoms with van der Waals surface area (Å²) in [6.45, 7) is 14.5. The molecule has 0 saturated carbocycles. The van der Waals surface area contributed by atoms with E-state index in [0.717, 1.165) is 23.3 Å². The molecule has 0 unspecified atom stereocenters. The minimum Gasteiger partial charge on any atom is -0.507 e. The monoisotopic (exact) mass is 334 g/mol. The van der Waals surface area contributed by atoms with Gasteiger partial charge < -0.3 is 5.11 Å². The van der Waals surface area contributed by atoms with Crippen molar-refractivity contribution in [3.8, 4) is 5.75 Å². The molecule has 1 N–H and O–H groups in total. The zero-order valence-corrected chi connectivity index (χ0v) is 16.3. The summed E-state index contributed by atoms with van der Waals surface area (Å²) in [7, 11) is 0. The fourth-order valence-electron chi connectivity index (χ4n) is 2.27. The largest absolute Gasteiger partial charge is 0.507 e. The predicted molar refractivity (Wildman–Crippen MR) is 102 cm³/mol. The van der Waals surface area contributed by atoms with Crippen molar-refractivity contribution in [2.24, 2.45) is 0 Å². The minimum absolute atomic E-state index is 0.0285. The number of allylic oxidation sites excluding steroid dienone is 1. The highest BCUT2D eigenvalue weighted by molar-refractivity contribution is 8.13. The highest BCUT2D eigenvalue weighted by atomic mass is 32.2. The zero-order valence-electron chi connectivity index (χ0n) is 15.5. The smallest absolute Gasteiger partial charge is 0.185 e. The molecule has 0 radical (unpaired) electrons. The highest BCUT2D eigenvalue weighted by Crippen LogP contribution is 2.38. The van der Waals surface area contributed by atoms with Crippen LogP contribution in [0.5, 0.6) is 5.75 Å². The third kappa shape index (κ3) is 6.06. The first-order chi connectivity index (χ1) is 10.4. The van der Waals surface area contributed by atoms with Crippen LogP contribution in [0.1, 0.15) is 71.6 Å². The Labute approximate surface area is 145 Å². The van der Waals surface area contributed by atoms with Crippen molar-refractivity contribution in [1.82, 2.24) is 0 Å². The van der Waals surface area contributed by atoms with Gasteiger partial charge in [0.1, 0.15) is 5.75 Å². The number of hydrogen-bond donors (Lipinski definition) is 1. The van der Waals surface area contributed by atoms with Gasteiger partial charge in [0.2, 0.25) is 0 Å². The molecular formula is C20H30O2S. The average molecular weight is 335 g/mol. The van der Waals surface area contributed by atoms with Gasteiger partial charge in [0.05, 0.1) is 0 Å². The molecule has 0 atom stereocenters. The highest BCUT2D eigenvalue weighted by Gasteiger charge is 2.24. The normalized spacial score (nSPS) is 12.8. The number of aromatic hydroxyl groups is 1. The Morgan fingerprint density at radius 2 is 1.74 bits per heavy atom. The van der Waals surface area contributed by atoms with E-state index in [2.05, 4.69) is 53.7 Å². The predicted octanol–water partition coefficient (Wildman–Crippen LogP) is 5.67. The number of benzene rings is 1. The van der Waals surface area contributed by atoms with E-state index in [9.17, 15) is 9.90 Å². The summed E-state index contributed by atoms with van der Waals surface area (Å²) in [6, 6.07) is 4.19. The summed E-state index contributed by atoms with van der Waals surface area (Å²) >= 11 is 1.33. The number of phenolic OH excluding ortho intramolecular Hbond substituents is 1. The summed E-state index contributed by atoms with van der Waals surface area (Å²) in [4.78, 5) is 10.9. The third-order valence-corrected chi connectivity index (χ3v) is 4.55. The maximum absolute atomic E-state index is 10.9. The van der Waals surface area contributed by atoms with Crippen molar-refractivity contribution in [1.29, 1.82) is 0 Å². The topological polar surface area (TPSA) is 37.3 Å². The lowest BCUT2D eigenvalue weighted by Crippen LogP contribution is -2.17. The molecule has 0 aliphatic heterocycles. The molecule has 2 nitrogen and oxygen atoms in total. The lowest BCUT2D eigenvalue weighted by molar-refractivity contribution is -0.109. The van der Waals surface area contributed by atoms with E-state index in [-0.39, 0.29) is 15.9 Å². The molecule has 0 saturated heterocycles. The number of hydrogen-bond acceptors (Lipinski definition) is 3. The third-order valence-electron chi connectivity index (χ3n) is 3.70. The maximum Gasteiger partial charge on any atom is 0.185 e. The molecule has 1 aromatic carbocycles. The van der Waals surface area contributed by atoms with Gasteiger partial charge in [0, 0.05) is 23.8 Å². The first-order valence-electron chi connectivity index (χ1n) is 8.11. The number of carbonyl (C=O) groups excluding carboxylic acids is 1. The number of phenols is 1. The Balaban J connectivity index is 3.15. The van der Waals surface area contributed by atoms with Gasteiger partial charge in [-0.25, -0.2) is 0 Å². The minimum atomic E-state index is -0.113. The molecule has 0 aromatic heterocycles. The molecule has 0 aliphatic carbocycles. The standard InChI is InChI=1S/C20H30O2S/c1-14(21)23-11-9-8-10-15-12-16(19(2,3)4)13-17(18(15)22)20(5,6)7/h8,10,12-13,22H,9,11H2,1-7H3. The molecule has 23 heavy (non-hydrogen) atoms. The van der Waals surface area contributed by atoms with Gasteiger partial charge in [0.15, 0.2) is 5.12 Å². The Bertz CT molecular complexity index is 587. The van der Waals surface area contributed by atoms with Crippen molar-refractivity contribution in [2.45, 2.75) is 65.7 Å². The fourth-order valence-corrected chi connectivity index (χ4v) is 2.81. The molecule has 0 amide bonds. The van der Waals surface area contributed by atoms with Gasteiger partial charge in [-0.2, -0.15) is 0 Å². The maximum atomic E-state index is 10.9. The van der Waals surface area contributed by atoms with E-state index in [1.165, 1.54) is 17.3 Å². The Hall–Kier alpha value is -1.22. The molecule has 3 heteroatoms. The van der Waals surface area contributed by atoms with Crippen LogP contribution < -0.4 is 0 Å². The van der Waals surface area contributed by atoms with E-state index < -0.39 is 0 Å². The van der Waals surface area contributed by atoms with Gasteiger partial charge in [-0.3, -0.25) is 4.79 Å². The molecular weight excluding hydrogens is 304 g/mol.